The molecule has 2 N–H and O–H groups in total. The fraction of sp³-hybridized carbons (Fsp3) is 0.462. The second kappa shape index (κ2) is 6.88. The molecule has 0 aromatic heterocycles. The van der Waals surface area contributed by atoms with Gasteiger partial charge in [-0.3, -0.25) is 4.79 Å². The molecule has 0 saturated heterocycles. The van der Waals surface area contributed by atoms with Crippen LogP contribution >= 0.6 is 0 Å². The highest BCUT2D eigenvalue weighted by Gasteiger charge is 2.04. The third kappa shape index (κ3) is 4.82. The number of benzene rings is 1. The highest BCUT2D eigenvalue weighted by molar-refractivity contribution is 5.75. The molecule has 1 rings (SSSR count). The van der Waals surface area contributed by atoms with E-state index >= 15 is 0 Å². The molecule has 1 amide bonds. The summed E-state index contributed by atoms with van der Waals surface area (Å²) in [6.45, 7) is 4.72. The first kappa shape index (κ1) is 12.6. The summed E-state index contributed by atoms with van der Waals surface area (Å²) in [6.07, 6.45) is 1.50. The molecule has 0 unspecified atom stereocenters. The van der Waals surface area contributed by atoms with E-state index in [1.54, 1.807) is 0 Å². The zero-order chi connectivity index (χ0) is 11.8. The number of nitrogens with one attached hydrogen (secondary N) is 2. The van der Waals surface area contributed by atoms with Crippen molar-refractivity contribution < 1.29 is 4.79 Å². The average molecular weight is 220 g/mol. The zero-order valence-electron chi connectivity index (χ0n) is 9.99. The van der Waals surface area contributed by atoms with E-state index < -0.39 is 0 Å². The number of hydrogen-bond acceptors (Lipinski definition) is 2. The Bertz CT molecular complexity index is 311. The van der Waals surface area contributed by atoms with E-state index in [0.29, 0.717) is 13.0 Å². The van der Waals surface area contributed by atoms with Crippen molar-refractivity contribution in [1.82, 2.24) is 5.32 Å². The molecule has 1 aromatic rings. The number of carbonyl (C=O) groups excluding carboxylic acids is 1. The predicted octanol–water partition coefficient (Wildman–Crippen LogP) is 2.40. The molecule has 0 saturated carbocycles. The van der Waals surface area contributed by atoms with Crippen molar-refractivity contribution in [2.24, 2.45) is 0 Å². The van der Waals surface area contributed by atoms with Crippen LogP contribution in [0.25, 0.3) is 0 Å². The summed E-state index contributed by atoms with van der Waals surface area (Å²) in [6, 6.07) is 10.2. The molecule has 0 aliphatic heterocycles. The average Bonchev–Trinajstić information content (AvgIpc) is 2.28. The number of rotatable bonds is 6. The summed E-state index contributed by atoms with van der Waals surface area (Å²) in [4.78, 5) is 11.3. The van der Waals surface area contributed by atoms with Gasteiger partial charge in [0.2, 0.25) is 5.91 Å². The second-order valence-electron chi connectivity index (χ2n) is 3.97. The van der Waals surface area contributed by atoms with Crippen molar-refractivity contribution in [3.8, 4) is 0 Å². The van der Waals surface area contributed by atoms with Gasteiger partial charge in [0.1, 0.15) is 0 Å². The van der Waals surface area contributed by atoms with E-state index in [-0.39, 0.29) is 11.9 Å². The van der Waals surface area contributed by atoms with Gasteiger partial charge in [-0.05, 0) is 25.5 Å². The number of anilines is 1. The van der Waals surface area contributed by atoms with Crippen molar-refractivity contribution in [3.63, 3.8) is 0 Å². The Labute approximate surface area is 97.2 Å². The number of carbonyl (C=O) groups is 1. The Morgan fingerprint density at radius 2 is 2.00 bits per heavy atom. The zero-order valence-corrected chi connectivity index (χ0v) is 9.99. The Morgan fingerprint density at radius 1 is 1.31 bits per heavy atom. The lowest BCUT2D eigenvalue weighted by atomic mass is 10.2. The summed E-state index contributed by atoms with van der Waals surface area (Å²) in [5.41, 5.74) is 1.08. The standard InChI is InChI=1S/C13H20N2O/c1-3-7-13(16)14-10-11(2)15-12-8-5-4-6-9-12/h4-6,8-9,11,15H,3,7,10H2,1-2H3,(H,14,16)/t11-/m0/s1. The lowest BCUT2D eigenvalue weighted by molar-refractivity contribution is -0.121. The van der Waals surface area contributed by atoms with Crippen LogP contribution in [0.15, 0.2) is 30.3 Å². The lowest BCUT2D eigenvalue weighted by Crippen LogP contribution is -2.34. The first-order valence-electron chi connectivity index (χ1n) is 5.80. The van der Waals surface area contributed by atoms with E-state index in [1.807, 2.05) is 37.3 Å². The van der Waals surface area contributed by atoms with Crippen LogP contribution in [0, 0.1) is 0 Å². The molecule has 0 fully saturated rings. The topological polar surface area (TPSA) is 41.1 Å². The van der Waals surface area contributed by atoms with Gasteiger partial charge in [0.15, 0.2) is 0 Å². The van der Waals surface area contributed by atoms with Crippen LogP contribution in [0.3, 0.4) is 0 Å². The molecule has 0 aliphatic rings. The molecule has 0 heterocycles. The minimum absolute atomic E-state index is 0.129. The van der Waals surface area contributed by atoms with E-state index in [1.165, 1.54) is 0 Å². The van der Waals surface area contributed by atoms with Crippen LogP contribution in [0.1, 0.15) is 26.7 Å². The first-order valence-corrected chi connectivity index (χ1v) is 5.80. The monoisotopic (exact) mass is 220 g/mol. The van der Waals surface area contributed by atoms with Gasteiger partial charge in [-0.2, -0.15) is 0 Å². The molecule has 0 bridgehead atoms. The Kier molecular flexibility index (Phi) is 5.40. The van der Waals surface area contributed by atoms with Gasteiger partial charge in [0, 0.05) is 24.7 Å². The fourth-order valence-corrected chi connectivity index (χ4v) is 1.45. The third-order valence-corrected chi connectivity index (χ3v) is 2.27. The molecule has 0 spiro atoms. The van der Waals surface area contributed by atoms with Gasteiger partial charge < -0.3 is 10.6 Å². The highest BCUT2D eigenvalue weighted by Crippen LogP contribution is 2.06. The number of hydrogen-bond donors (Lipinski definition) is 2. The Morgan fingerprint density at radius 3 is 2.62 bits per heavy atom. The van der Waals surface area contributed by atoms with E-state index in [9.17, 15) is 4.79 Å². The van der Waals surface area contributed by atoms with Gasteiger partial charge in [-0.25, -0.2) is 0 Å². The van der Waals surface area contributed by atoms with Crippen molar-refractivity contribution in [3.05, 3.63) is 30.3 Å². The summed E-state index contributed by atoms with van der Waals surface area (Å²) < 4.78 is 0. The summed E-state index contributed by atoms with van der Waals surface area (Å²) in [7, 11) is 0. The van der Waals surface area contributed by atoms with Crippen molar-refractivity contribution in [2.45, 2.75) is 32.7 Å². The molecule has 0 aliphatic carbocycles. The Balaban J connectivity index is 2.26. The molecule has 1 aromatic carbocycles. The van der Waals surface area contributed by atoms with E-state index in [4.69, 9.17) is 0 Å². The van der Waals surface area contributed by atoms with Gasteiger partial charge in [0.05, 0.1) is 0 Å². The van der Waals surface area contributed by atoms with Crippen molar-refractivity contribution in [1.29, 1.82) is 0 Å². The largest absolute Gasteiger partial charge is 0.381 e. The smallest absolute Gasteiger partial charge is 0.220 e. The maximum absolute atomic E-state index is 11.3. The SMILES string of the molecule is CCCC(=O)NC[C@H](C)Nc1ccccc1. The molecular formula is C13H20N2O. The van der Waals surface area contributed by atoms with Crippen LogP contribution in [0.2, 0.25) is 0 Å². The van der Waals surface area contributed by atoms with Crippen LogP contribution in [-0.4, -0.2) is 18.5 Å². The number of amides is 1. The second-order valence-corrected chi connectivity index (χ2v) is 3.97. The number of para-hydroxylation sites is 1. The minimum Gasteiger partial charge on any atom is -0.381 e. The van der Waals surface area contributed by atoms with Crippen LogP contribution < -0.4 is 10.6 Å². The van der Waals surface area contributed by atoms with E-state index in [2.05, 4.69) is 17.6 Å². The fourth-order valence-electron chi connectivity index (χ4n) is 1.45. The normalized spacial score (nSPS) is 11.9. The molecular weight excluding hydrogens is 200 g/mol. The van der Waals surface area contributed by atoms with Gasteiger partial charge >= 0.3 is 0 Å². The maximum Gasteiger partial charge on any atom is 0.220 e. The predicted molar refractivity (Wildman–Crippen MR) is 67.4 cm³/mol. The minimum atomic E-state index is 0.129. The van der Waals surface area contributed by atoms with E-state index in [0.717, 1.165) is 12.1 Å². The maximum atomic E-state index is 11.3. The summed E-state index contributed by atoms with van der Waals surface area (Å²) in [5, 5.41) is 6.23. The highest BCUT2D eigenvalue weighted by atomic mass is 16.1. The molecule has 1 atom stereocenters. The molecule has 16 heavy (non-hydrogen) atoms. The van der Waals surface area contributed by atoms with Gasteiger partial charge in [-0.1, -0.05) is 25.1 Å². The molecule has 0 radical (unpaired) electrons. The molecule has 3 nitrogen and oxygen atoms in total. The first-order chi connectivity index (χ1) is 7.72. The van der Waals surface area contributed by atoms with Crippen LogP contribution in [0.4, 0.5) is 5.69 Å². The molecule has 3 heteroatoms. The summed E-state index contributed by atoms with van der Waals surface area (Å²) >= 11 is 0. The third-order valence-electron chi connectivity index (χ3n) is 2.27. The lowest BCUT2D eigenvalue weighted by Gasteiger charge is -2.15. The Hall–Kier alpha value is -1.51. The van der Waals surface area contributed by atoms with Crippen LogP contribution in [-0.2, 0) is 4.79 Å². The quantitative estimate of drug-likeness (QED) is 0.773. The summed E-state index contributed by atoms with van der Waals surface area (Å²) in [5.74, 6) is 0.129. The molecule has 88 valence electrons. The van der Waals surface area contributed by atoms with Crippen LogP contribution in [0.5, 0.6) is 0 Å². The van der Waals surface area contributed by atoms with Crippen molar-refractivity contribution >= 4 is 11.6 Å². The van der Waals surface area contributed by atoms with Crippen molar-refractivity contribution in [2.75, 3.05) is 11.9 Å². The van der Waals surface area contributed by atoms with Gasteiger partial charge in [0.25, 0.3) is 0 Å². The van der Waals surface area contributed by atoms with Gasteiger partial charge in [-0.15, -0.1) is 0 Å².